The molecule has 7 nitrogen and oxygen atoms in total. The Morgan fingerprint density at radius 3 is 2.43 bits per heavy atom. The van der Waals surface area contributed by atoms with Crippen molar-refractivity contribution in [2.24, 2.45) is 0 Å². The Labute approximate surface area is 179 Å². The van der Waals surface area contributed by atoms with E-state index < -0.39 is 0 Å². The van der Waals surface area contributed by atoms with E-state index in [2.05, 4.69) is 32.5 Å². The fourth-order valence-electron chi connectivity index (χ4n) is 3.26. The first-order valence-electron chi connectivity index (χ1n) is 9.75. The second-order valence-corrected chi connectivity index (χ2v) is 8.07. The lowest BCUT2D eigenvalue weighted by molar-refractivity contribution is 0.102. The number of nitrogens with one attached hydrogen (secondary N) is 2. The standard InChI is InChI=1S/C22H23N5O2S/c1-26-10-12-27(13-11-26)20-9-8-16(15-23-20)24-21(28)17-5-2-3-6-18(17)25-22(29)19-7-4-14-30-19/h2-9,14-15H,10-13H2,1H3,(H,24,28)(H,25,29). The van der Waals surface area contributed by atoms with Crippen molar-refractivity contribution in [2.75, 3.05) is 48.8 Å². The number of anilines is 3. The molecule has 0 saturated carbocycles. The topological polar surface area (TPSA) is 77.6 Å². The van der Waals surface area contributed by atoms with Gasteiger partial charge in [-0.3, -0.25) is 9.59 Å². The number of rotatable bonds is 5. The summed E-state index contributed by atoms with van der Waals surface area (Å²) in [5.41, 5.74) is 1.47. The Morgan fingerprint density at radius 2 is 1.73 bits per heavy atom. The minimum absolute atomic E-state index is 0.233. The second kappa shape index (κ2) is 9.06. The molecule has 2 amide bonds. The van der Waals surface area contributed by atoms with Gasteiger partial charge in [0.15, 0.2) is 0 Å². The van der Waals surface area contributed by atoms with Crippen LogP contribution in [-0.4, -0.2) is 54.9 Å². The number of thiophene rings is 1. The van der Waals surface area contributed by atoms with Crippen LogP contribution in [0.15, 0.2) is 60.1 Å². The average Bonchev–Trinajstić information content (AvgIpc) is 3.30. The van der Waals surface area contributed by atoms with Crippen molar-refractivity contribution in [3.05, 3.63) is 70.5 Å². The number of pyridine rings is 1. The lowest BCUT2D eigenvalue weighted by Crippen LogP contribution is -2.44. The Hall–Kier alpha value is -3.23. The Morgan fingerprint density at radius 1 is 0.933 bits per heavy atom. The van der Waals surface area contributed by atoms with E-state index in [1.54, 1.807) is 36.5 Å². The summed E-state index contributed by atoms with van der Waals surface area (Å²) in [6.07, 6.45) is 1.67. The molecule has 1 aliphatic heterocycles. The molecule has 1 saturated heterocycles. The predicted octanol–water partition coefficient (Wildman–Crippen LogP) is 3.40. The number of aromatic nitrogens is 1. The first-order valence-corrected chi connectivity index (χ1v) is 10.6. The van der Waals surface area contributed by atoms with Gasteiger partial charge in [0, 0.05) is 26.2 Å². The first kappa shape index (κ1) is 20.1. The summed E-state index contributed by atoms with van der Waals surface area (Å²) < 4.78 is 0. The smallest absolute Gasteiger partial charge is 0.265 e. The number of para-hydroxylation sites is 1. The molecule has 0 unspecified atom stereocenters. The fourth-order valence-corrected chi connectivity index (χ4v) is 3.88. The highest BCUT2D eigenvalue weighted by atomic mass is 32.1. The molecule has 0 aliphatic carbocycles. The van der Waals surface area contributed by atoms with E-state index >= 15 is 0 Å². The predicted molar refractivity (Wildman–Crippen MR) is 121 cm³/mol. The molecule has 0 atom stereocenters. The highest BCUT2D eigenvalue weighted by Crippen LogP contribution is 2.21. The highest BCUT2D eigenvalue weighted by molar-refractivity contribution is 7.12. The van der Waals surface area contributed by atoms with Crippen LogP contribution in [-0.2, 0) is 0 Å². The van der Waals surface area contributed by atoms with Crippen LogP contribution in [0.3, 0.4) is 0 Å². The minimum atomic E-state index is -0.300. The van der Waals surface area contributed by atoms with E-state index in [-0.39, 0.29) is 11.8 Å². The van der Waals surface area contributed by atoms with E-state index in [0.29, 0.717) is 21.8 Å². The Bertz CT molecular complexity index is 1010. The minimum Gasteiger partial charge on any atom is -0.354 e. The molecule has 0 spiro atoms. The molecule has 0 bridgehead atoms. The molecule has 1 aliphatic rings. The summed E-state index contributed by atoms with van der Waals surface area (Å²) in [5.74, 6) is 0.374. The van der Waals surface area contributed by atoms with Crippen molar-refractivity contribution in [3.8, 4) is 0 Å². The van der Waals surface area contributed by atoms with E-state index in [1.165, 1.54) is 11.3 Å². The van der Waals surface area contributed by atoms with Crippen molar-refractivity contribution >= 4 is 40.3 Å². The van der Waals surface area contributed by atoms with Crippen LogP contribution in [0, 0.1) is 0 Å². The van der Waals surface area contributed by atoms with E-state index in [1.807, 2.05) is 23.6 Å². The van der Waals surface area contributed by atoms with Crippen molar-refractivity contribution < 1.29 is 9.59 Å². The molecule has 3 heterocycles. The quantitative estimate of drug-likeness (QED) is 0.660. The van der Waals surface area contributed by atoms with E-state index in [9.17, 15) is 9.59 Å². The number of hydrogen-bond donors (Lipinski definition) is 2. The number of amides is 2. The van der Waals surface area contributed by atoms with Gasteiger partial charge in [-0.2, -0.15) is 0 Å². The zero-order valence-corrected chi connectivity index (χ0v) is 17.5. The lowest BCUT2D eigenvalue weighted by atomic mass is 10.1. The number of piperazine rings is 1. The molecule has 30 heavy (non-hydrogen) atoms. The van der Waals surface area contributed by atoms with Crippen molar-refractivity contribution in [1.82, 2.24) is 9.88 Å². The van der Waals surface area contributed by atoms with E-state index in [0.717, 1.165) is 32.0 Å². The third-order valence-corrected chi connectivity index (χ3v) is 5.87. The SMILES string of the molecule is CN1CCN(c2ccc(NC(=O)c3ccccc3NC(=O)c3cccs3)cn2)CC1. The molecular weight excluding hydrogens is 398 g/mol. The third-order valence-electron chi connectivity index (χ3n) is 5.00. The van der Waals surface area contributed by atoms with Gasteiger partial charge in [-0.1, -0.05) is 18.2 Å². The Balaban J connectivity index is 1.43. The maximum absolute atomic E-state index is 12.8. The summed E-state index contributed by atoms with van der Waals surface area (Å²) in [6, 6.07) is 14.3. The maximum atomic E-state index is 12.8. The summed E-state index contributed by atoms with van der Waals surface area (Å²) in [7, 11) is 2.12. The molecule has 2 aromatic heterocycles. The fraction of sp³-hybridized carbons (Fsp3) is 0.227. The van der Waals surface area contributed by atoms with Crippen LogP contribution >= 0.6 is 11.3 Å². The van der Waals surface area contributed by atoms with Crippen LogP contribution in [0.1, 0.15) is 20.0 Å². The molecule has 1 fully saturated rings. The number of likely N-dealkylation sites (N-methyl/N-ethyl adjacent to an activating group) is 1. The van der Waals surface area contributed by atoms with Crippen LogP contribution in [0.25, 0.3) is 0 Å². The Kier molecular flexibility index (Phi) is 6.06. The summed E-state index contributed by atoms with van der Waals surface area (Å²) in [5, 5.41) is 7.53. The van der Waals surface area contributed by atoms with Gasteiger partial charge in [-0.15, -0.1) is 11.3 Å². The van der Waals surface area contributed by atoms with Gasteiger partial charge in [-0.25, -0.2) is 4.98 Å². The number of hydrogen-bond acceptors (Lipinski definition) is 6. The van der Waals surface area contributed by atoms with Gasteiger partial charge in [-0.05, 0) is 42.8 Å². The lowest BCUT2D eigenvalue weighted by Gasteiger charge is -2.33. The molecule has 2 N–H and O–H groups in total. The molecule has 154 valence electrons. The van der Waals surface area contributed by atoms with Gasteiger partial charge < -0.3 is 20.4 Å². The van der Waals surface area contributed by atoms with Gasteiger partial charge in [0.2, 0.25) is 0 Å². The summed E-state index contributed by atoms with van der Waals surface area (Å²) in [4.78, 5) is 34.8. The highest BCUT2D eigenvalue weighted by Gasteiger charge is 2.17. The van der Waals surface area contributed by atoms with Gasteiger partial charge in [0.05, 0.1) is 28.0 Å². The van der Waals surface area contributed by atoms with E-state index in [4.69, 9.17) is 0 Å². The average molecular weight is 422 g/mol. The zero-order valence-electron chi connectivity index (χ0n) is 16.7. The van der Waals surface area contributed by atoms with Crippen LogP contribution in [0.4, 0.5) is 17.2 Å². The third kappa shape index (κ3) is 4.67. The van der Waals surface area contributed by atoms with Gasteiger partial charge in [0.1, 0.15) is 5.82 Å². The molecular formula is C22H23N5O2S. The van der Waals surface area contributed by atoms with Crippen LogP contribution in [0.2, 0.25) is 0 Å². The largest absolute Gasteiger partial charge is 0.354 e. The van der Waals surface area contributed by atoms with Crippen LogP contribution < -0.4 is 15.5 Å². The normalized spacial score (nSPS) is 14.4. The second-order valence-electron chi connectivity index (χ2n) is 7.13. The molecule has 1 aromatic carbocycles. The monoisotopic (exact) mass is 421 g/mol. The van der Waals surface area contributed by atoms with Crippen LogP contribution in [0.5, 0.6) is 0 Å². The number of benzene rings is 1. The summed E-state index contributed by atoms with van der Waals surface area (Å²) in [6.45, 7) is 3.89. The number of nitrogens with zero attached hydrogens (tertiary/aromatic N) is 3. The maximum Gasteiger partial charge on any atom is 0.265 e. The summed E-state index contributed by atoms with van der Waals surface area (Å²) >= 11 is 1.35. The first-order chi connectivity index (χ1) is 14.6. The van der Waals surface area contributed by atoms with Gasteiger partial charge in [0.25, 0.3) is 11.8 Å². The van der Waals surface area contributed by atoms with Crippen molar-refractivity contribution in [1.29, 1.82) is 0 Å². The van der Waals surface area contributed by atoms with Gasteiger partial charge >= 0.3 is 0 Å². The molecule has 0 radical (unpaired) electrons. The molecule has 8 heteroatoms. The molecule has 3 aromatic rings. The number of carbonyl (C=O) groups excluding carboxylic acids is 2. The molecule has 4 rings (SSSR count). The number of carbonyl (C=O) groups is 2. The zero-order chi connectivity index (χ0) is 20.9. The van der Waals surface area contributed by atoms with Crippen molar-refractivity contribution in [2.45, 2.75) is 0 Å². The van der Waals surface area contributed by atoms with Crippen molar-refractivity contribution in [3.63, 3.8) is 0 Å².